The first-order valence-corrected chi connectivity index (χ1v) is 8.25. The van der Waals surface area contributed by atoms with Crippen LogP contribution in [0.1, 0.15) is 45.4 Å². The predicted octanol–water partition coefficient (Wildman–Crippen LogP) is 2.06. The van der Waals surface area contributed by atoms with E-state index in [9.17, 15) is 4.79 Å². The number of aryl methyl sites for hydroxylation is 1. The Bertz CT molecular complexity index is 491. The van der Waals surface area contributed by atoms with Crippen molar-refractivity contribution in [1.29, 1.82) is 0 Å². The van der Waals surface area contributed by atoms with Gasteiger partial charge in [-0.15, -0.1) is 5.10 Å². The molecule has 6 nitrogen and oxygen atoms in total. The van der Waals surface area contributed by atoms with Gasteiger partial charge in [0.25, 0.3) is 0 Å². The highest BCUT2D eigenvalue weighted by atomic mass is 32.2. The fraction of sp³-hybridized carbons (Fsp3) is 0.786. The molecule has 1 fully saturated rings. The highest BCUT2D eigenvalue weighted by Gasteiger charge is 2.44. The minimum Gasteiger partial charge on any atom is -0.468 e. The molecule has 2 unspecified atom stereocenters. The molecule has 1 aliphatic rings. The van der Waals surface area contributed by atoms with E-state index < -0.39 is 5.54 Å². The van der Waals surface area contributed by atoms with Gasteiger partial charge in [-0.1, -0.05) is 11.8 Å². The Morgan fingerprint density at radius 2 is 2.33 bits per heavy atom. The highest BCUT2D eigenvalue weighted by molar-refractivity contribution is 7.99. The van der Waals surface area contributed by atoms with E-state index in [0.29, 0.717) is 5.25 Å². The second-order valence-electron chi connectivity index (χ2n) is 5.91. The third-order valence-electron chi connectivity index (χ3n) is 3.70. The van der Waals surface area contributed by atoms with Crippen molar-refractivity contribution >= 4 is 17.7 Å². The van der Waals surface area contributed by atoms with E-state index in [-0.39, 0.29) is 12.0 Å². The Morgan fingerprint density at radius 3 is 2.90 bits per heavy atom. The number of aromatic nitrogens is 3. The van der Waals surface area contributed by atoms with Crippen molar-refractivity contribution in [2.24, 2.45) is 0 Å². The van der Waals surface area contributed by atoms with Crippen molar-refractivity contribution in [3.05, 3.63) is 5.82 Å². The van der Waals surface area contributed by atoms with Crippen LogP contribution in [0.15, 0.2) is 5.16 Å². The van der Waals surface area contributed by atoms with Crippen molar-refractivity contribution < 1.29 is 9.53 Å². The molecule has 2 atom stereocenters. The third kappa shape index (κ3) is 3.97. The van der Waals surface area contributed by atoms with Crippen molar-refractivity contribution in [1.82, 2.24) is 20.5 Å². The maximum Gasteiger partial charge on any atom is 0.326 e. The quantitative estimate of drug-likeness (QED) is 0.810. The minimum atomic E-state index is -0.579. The Labute approximate surface area is 129 Å². The number of thioether (sulfide) groups is 1. The van der Waals surface area contributed by atoms with Crippen LogP contribution in [0, 0.1) is 6.92 Å². The standard InChI is InChI=1S/C14H24N4O2S/c1-9(2)16-14(12(19)20-4)7-5-6-11(8-14)21-13-15-10(3)17-18-13/h9,11,16H,5-8H2,1-4H3,(H,15,17,18). The molecular formula is C14H24N4O2S. The van der Waals surface area contributed by atoms with E-state index in [1.54, 1.807) is 11.8 Å². The molecule has 1 saturated carbocycles. The summed E-state index contributed by atoms with van der Waals surface area (Å²) in [5.74, 6) is 0.653. The Balaban J connectivity index is 2.10. The van der Waals surface area contributed by atoms with Crippen LogP contribution in [0.25, 0.3) is 0 Å². The molecule has 0 aromatic carbocycles. The van der Waals surface area contributed by atoms with Crippen LogP contribution in [0.3, 0.4) is 0 Å². The average molecular weight is 312 g/mol. The van der Waals surface area contributed by atoms with Crippen molar-refractivity contribution in [2.75, 3.05) is 7.11 Å². The average Bonchev–Trinajstić information content (AvgIpc) is 2.82. The van der Waals surface area contributed by atoms with E-state index in [4.69, 9.17) is 4.74 Å². The minimum absolute atomic E-state index is 0.160. The van der Waals surface area contributed by atoms with Gasteiger partial charge in [0, 0.05) is 11.3 Å². The monoisotopic (exact) mass is 312 g/mol. The number of hydrogen-bond acceptors (Lipinski definition) is 6. The second-order valence-corrected chi connectivity index (χ2v) is 7.18. The number of H-pyrrole nitrogens is 1. The largest absolute Gasteiger partial charge is 0.468 e. The van der Waals surface area contributed by atoms with Crippen LogP contribution < -0.4 is 5.32 Å². The van der Waals surface area contributed by atoms with Crippen molar-refractivity contribution in [3.8, 4) is 0 Å². The van der Waals surface area contributed by atoms with E-state index >= 15 is 0 Å². The lowest BCUT2D eigenvalue weighted by Gasteiger charge is -2.40. The van der Waals surface area contributed by atoms with E-state index in [1.807, 2.05) is 6.92 Å². The summed E-state index contributed by atoms with van der Waals surface area (Å²) in [6, 6.07) is 0.235. The number of aromatic amines is 1. The summed E-state index contributed by atoms with van der Waals surface area (Å²) in [6.07, 6.45) is 3.63. The number of methoxy groups -OCH3 is 1. The molecule has 0 radical (unpaired) electrons. The lowest BCUT2D eigenvalue weighted by Crippen LogP contribution is -2.58. The number of nitrogens with zero attached hydrogens (tertiary/aromatic N) is 2. The molecule has 1 aliphatic carbocycles. The first-order valence-electron chi connectivity index (χ1n) is 7.37. The Kier molecular flexibility index (Phi) is 5.27. The summed E-state index contributed by atoms with van der Waals surface area (Å²) in [6.45, 7) is 6.00. The normalized spacial score (nSPS) is 26.0. The third-order valence-corrected chi connectivity index (χ3v) is 4.82. The fourth-order valence-corrected chi connectivity index (χ4v) is 4.21. The summed E-state index contributed by atoms with van der Waals surface area (Å²) in [4.78, 5) is 16.6. The zero-order valence-electron chi connectivity index (χ0n) is 13.1. The smallest absolute Gasteiger partial charge is 0.326 e. The zero-order chi connectivity index (χ0) is 15.5. The number of carbonyl (C=O) groups is 1. The zero-order valence-corrected chi connectivity index (χ0v) is 13.9. The molecule has 0 spiro atoms. The van der Waals surface area contributed by atoms with Gasteiger partial charge in [-0.05, 0) is 46.5 Å². The molecule has 21 heavy (non-hydrogen) atoms. The molecule has 2 rings (SSSR count). The summed E-state index contributed by atoms with van der Waals surface area (Å²) < 4.78 is 5.05. The van der Waals surface area contributed by atoms with Gasteiger partial charge in [0.1, 0.15) is 11.4 Å². The first-order chi connectivity index (χ1) is 9.95. The maximum atomic E-state index is 12.3. The van der Waals surface area contributed by atoms with E-state index in [2.05, 4.69) is 34.3 Å². The van der Waals surface area contributed by atoms with E-state index in [0.717, 1.165) is 36.7 Å². The SMILES string of the molecule is COC(=O)C1(NC(C)C)CCCC(Sc2n[nH]c(C)n2)C1. The van der Waals surface area contributed by atoms with Crippen molar-refractivity contribution in [3.63, 3.8) is 0 Å². The second kappa shape index (κ2) is 6.79. The van der Waals surface area contributed by atoms with Gasteiger partial charge in [0.05, 0.1) is 7.11 Å². The topological polar surface area (TPSA) is 79.9 Å². The van der Waals surface area contributed by atoms with Crippen LogP contribution in [0.2, 0.25) is 0 Å². The number of esters is 1. The van der Waals surface area contributed by atoms with Gasteiger partial charge < -0.3 is 4.74 Å². The van der Waals surface area contributed by atoms with Crippen molar-refractivity contribution in [2.45, 2.75) is 68.4 Å². The van der Waals surface area contributed by atoms with Crippen LogP contribution in [0.4, 0.5) is 0 Å². The molecule has 0 bridgehead atoms. The predicted molar refractivity (Wildman–Crippen MR) is 82.3 cm³/mol. The number of rotatable bonds is 5. The Hall–Kier alpha value is -1.08. The summed E-state index contributed by atoms with van der Waals surface area (Å²) in [5.41, 5.74) is -0.579. The molecule has 1 aromatic heterocycles. The van der Waals surface area contributed by atoms with Gasteiger partial charge in [-0.25, -0.2) is 4.98 Å². The van der Waals surface area contributed by atoms with Crippen LogP contribution in [-0.4, -0.2) is 45.1 Å². The molecule has 0 saturated heterocycles. The number of carbonyl (C=O) groups excluding carboxylic acids is 1. The van der Waals surface area contributed by atoms with E-state index in [1.165, 1.54) is 7.11 Å². The number of ether oxygens (including phenoxy) is 1. The van der Waals surface area contributed by atoms with Crippen LogP contribution in [-0.2, 0) is 9.53 Å². The van der Waals surface area contributed by atoms with Crippen LogP contribution in [0.5, 0.6) is 0 Å². The first kappa shape index (κ1) is 16.3. The highest BCUT2D eigenvalue weighted by Crippen LogP contribution is 2.38. The molecule has 0 aliphatic heterocycles. The lowest BCUT2D eigenvalue weighted by atomic mass is 9.81. The molecule has 1 aromatic rings. The summed E-state index contributed by atoms with van der Waals surface area (Å²) in [7, 11) is 1.46. The van der Waals surface area contributed by atoms with Gasteiger partial charge in [0.15, 0.2) is 0 Å². The molecule has 1 heterocycles. The number of nitrogens with one attached hydrogen (secondary N) is 2. The maximum absolute atomic E-state index is 12.3. The van der Waals surface area contributed by atoms with Crippen LogP contribution >= 0.6 is 11.8 Å². The number of hydrogen-bond donors (Lipinski definition) is 2. The molecule has 2 N–H and O–H groups in total. The van der Waals surface area contributed by atoms with Gasteiger partial charge in [0.2, 0.25) is 5.16 Å². The van der Waals surface area contributed by atoms with Gasteiger partial charge >= 0.3 is 5.97 Å². The molecular weight excluding hydrogens is 288 g/mol. The Morgan fingerprint density at radius 1 is 1.57 bits per heavy atom. The molecule has 0 amide bonds. The fourth-order valence-electron chi connectivity index (χ4n) is 2.97. The summed E-state index contributed by atoms with van der Waals surface area (Å²) in [5, 5.41) is 11.5. The molecule has 118 valence electrons. The van der Waals surface area contributed by atoms with Gasteiger partial charge in [-0.3, -0.25) is 15.2 Å². The lowest BCUT2D eigenvalue weighted by molar-refractivity contribution is -0.150. The molecule has 7 heteroatoms. The van der Waals surface area contributed by atoms with Gasteiger partial charge in [-0.2, -0.15) is 0 Å². The summed E-state index contributed by atoms with van der Waals surface area (Å²) >= 11 is 1.64.